The fourth-order valence-electron chi connectivity index (χ4n) is 7.95. The number of hydrogen-bond donors (Lipinski definition) is 0. The molecule has 0 amide bonds. The second-order valence-electron chi connectivity index (χ2n) is 11.6. The van der Waals surface area contributed by atoms with Gasteiger partial charge in [0, 0.05) is 18.3 Å². The molecule has 0 aliphatic heterocycles. The van der Waals surface area contributed by atoms with Crippen LogP contribution in [0.15, 0.2) is 11.6 Å². The molecule has 32 heavy (non-hydrogen) atoms. The molecule has 0 aromatic heterocycles. The van der Waals surface area contributed by atoms with Crippen molar-refractivity contribution in [3.8, 4) is 0 Å². The Morgan fingerprint density at radius 1 is 0.938 bits per heavy atom. The Labute approximate surface area is 196 Å². The zero-order chi connectivity index (χ0) is 22.6. The van der Waals surface area contributed by atoms with Gasteiger partial charge in [-0.05, 0) is 81.1 Å². The lowest BCUT2D eigenvalue weighted by Crippen LogP contribution is -2.48. The average molecular weight is 443 g/mol. The van der Waals surface area contributed by atoms with Gasteiger partial charge in [0.25, 0.3) is 0 Å². The molecule has 4 aliphatic rings. The van der Waals surface area contributed by atoms with Gasteiger partial charge in [-0.2, -0.15) is 0 Å². The second kappa shape index (κ2) is 10.9. The van der Waals surface area contributed by atoms with Gasteiger partial charge in [0.1, 0.15) is 6.10 Å². The van der Waals surface area contributed by atoms with Crippen LogP contribution in [0.25, 0.3) is 0 Å². The predicted octanol–water partition coefficient (Wildman–Crippen LogP) is 7.57. The van der Waals surface area contributed by atoms with Crippen LogP contribution in [-0.4, -0.2) is 17.9 Å². The van der Waals surface area contributed by atoms with Crippen molar-refractivity contribution in [3.05, 3.63) is 11.6 Å². The van der Waals surface area contributed by atoms with Crippen LogP contribution in [0.4, 0.5) is 0 Å². The first kappa shape index (κ1) is 24.0. The highest BCUT2D eigenvalue weighted by molar-refractivity contribution is 5.91. The summed E-state index contributed by atoms with van der Waals surface area (Å²) in [6.45, 7) is 4.68. The van der Waals surface area contributed by atoms with Crippen molar-refractivity contribution >= 4 is 11.8 Å². The zero-order valence-corrected chi connectivity index (χ0v) is 20.7. The summed E-state index contributed by atoms with van der Waals surface area (Å²) in [6.07, 6.45) is 21.7. The number of ketones is 1. The monoisotopic (exact) mass is 442 g/mol. The maximum Gasteiger partial charge on any atom is 0.306 e. The van der Waals surface area contributed by atoms with Crippen molar-refractivity contribution in [1.82, 2.24) is 0 Å². The van der Waals surface area contributed by atoms with Gasteiger partial charge in [-0.3, -0.25) is 9.59 Å². The predicted molar refractivity (Wildman–Crippen MR) is 129 cm³/mol. The van der Waals surface area contributed by atoms with Crippen LogP contribution >= 0.6 is 0 Å². The Balaban J connectivity index is 1.24. The third-order valence-corrected chi connectivity index (χ3v) is 9.72. The highest BCUT2D eigenvalue weighted by atomic mass is 16.5. The molecule has 3 fully saturated rings. The topological polar surface area (TPSA) is 43.4 Å². The highest BCUT2D eigenvalue weighted by Gasteiger charge is 2.57. The number of carbonyl (C=O) groups excluding carboxylic acids is 2. The van der Waals surface area contributed by atoms with E-state index in [4.69, 9.17) is 4.74 Å². The number of esters is 1. The van der Waals surface area contributed by atoms with Crippen LogP contribution in [0.2, 0.25) is 0 Å². The number of ether oxygens (including phenoxy) is 1. The van der Waals surface area contributed by atoms with Crippen molar-refractivity contribution in [1.29, 1.82) is 0 Å². The molecule has 0 radical (unpaired) electrons. The van der Waals surface area contributed by atoms with Crippen molar-refractivity contribution in [2.75, 3.05) is 0 Å². The molecule has 3 heteroatoms. The standard InChI is InChI=1S/C29H46O3/c1-3-4-5-6-7-8-9-10-11-28(31)32-27-17-16-26-25-14-12-21-20-22(30)13-15-23(21)24(25)18-19-29(26,27)2/h20,23-27H,3-19H2,1-2H3/t23-,24+,25+,26+,27+,29+/m0/s1. The van der Waals surface area contributed by atoms with Gasteiger partial charge in [-0.25, -0.2) is 0 Å². The molecule has 3 nitrogen and oxygen atoms in total. The summed E-state index contributed by atoms with van der Waals surface area (Å²) in [7, 11) is 0. The van der Waals surface area contributed by atoms with Gasteiger partial charge in [-0.15, -0.1) is 0 Å². The largest absolute Gasteiger partial charge is 0.462 e. The van der Waals surface area contributed by atoms with Crippen LogP contribution in [0.3, 0.4) is 0 Å². The van der Waals surface area contributed by atoms with Gasteiger partial charge in [0.2, 0.25) is 0 Å². The molecule has 0 heterocycles. The van der Waals surface area contributed by atoms with Crippen LogP contribution in [0.5, 0.6) is 0 Å². The Hall–Kier alpha value is -1.12. The molecule has 0 aromatic carbocycles. The molecule has 0 aromatic rings. The number of carbonyl (C=O) groups is 2. The Morgan fingerprint density at radius 3 is 2.47 bits per heavy atom. The van der Waals surface area contributed by atoms with E-state index < -0.39 is 0 Å². The Bertz CT molecular complexity index is 695. The summed E-state index contributed by atoms with van der Waals surface area (Å²) >= 11 is 0. The Kier molecular flexibility index (Phi) is 8.16. The SMILES string of the molecule is CCCCCCCCCCC(=O)O[C@@H]1CC[C@@H]2[C@@H]3CCC4=CC(=O)CC[C@@H]4[C@H]3CC[C@]21C. The third kappa shape index (κ3) is 5.17. The molecule has 4 rings (SSSR count). The molecule has 3 saturated carbocycles. The highest BCUT2D eigenvalue weighted by Crippen LogP contribution is 2.62. The normalized spacial score (nSPS) is 36.1. The fourth-order valence-corrected chi connectivity index (χ4v) is 7.95. The van der Waals surface area contributed by atoms with E-state index in [0.29, 0.717) is 24.0 Å². The average Bonchev–Trinajstić information content (AvgIpc) is 3.11. The summed E-state index contributed by atoms with van der Waals surface area (Å²) in [5.74, 6) is 3.26. The maximum absolute atomic E-state index is 12.6. The molecule has 0 N–H and O–H groups in total. The quantitative estimate of drug-likeness (QED) is 0.259. The van der Waals surface area contributed by atoms with E-state index in [9.17, 15) is 9.59 Å². The first-order valence-electron chi connectivity index (χ1n) is 14.0. The summed E-state index contributed by atoms with van der Waals surface area (Å²) < 4.78 is 6.15. The fraction of sp³-hybridized carbons (Fsp3) is 0.862. The molecule has 180 valence electrons. The van der Waals surface area contributed by atoms with Crippen LogP contribution in [0.1, 0.15) is 123 Å². The van der Waals surface area contributed by atoms with Crippen molar-refractivity contribution < 1.29 is 14.3 Å². The van der Waals surface area contributed by atoms with E-state index in [0.717, 1.165) is 50.4 Å². The summed E-state index contributed by atoms with van der Waals surface area (Å²) in [5, 5.41) is 0. The minimum Gasteiger partial charge on any atom is -0.462 e. The molecule has 6 atom stereocenters. The molecule has 0 unspecified atom stereocenters. The lowest BCUT2D eigenvalue weighted by molar-refractivity contribution is -0.159. The third-order valence-electron chi connectivity index (χ3n) is 9.72. The van der Waals surface area contributed by atoms with E-state index in [1.165, 1.54) is 69.8 Å². The van der Waals surface area contributed by atoms with Gasteiger partial charge >= 0.3 is 5.97 Å². The molecule has 0 saturated heterocycles. The molecule has 0 bridgehead atoms. The smallest absolute Gasteiger partial charge is 0.306 e. The van der Waals surface area contributed by atoms with E-state index in [1.807, 2.05) is 6.08 Å². The van der Waals surface area contributed by atoms with Gasteiger partial charge in [0.15, 0.2) is 5.78 Å². The number of unbranched alkanes of at least 4 members (excludes halogenated alkanes) is 7. The van der Waals surface area contributed by atoms with E-state index in [1.54, 1.807) is 0 Å². The lowest BCUT2D eigenvalue weighted by Gasteiger charge is -2.53. The van der Waals surface area contributed by atoms with Crippen LogP contribution < -0.4 is 0 Å². The zero-order valence-electron chi connectivity index (χ0n) is 20.7. The summed E-state index contributed by atoms with van der Waals surface area (Å²) in [6, 6.07) is 0. The molecular weight excluding hydrogens is 396 g/mol. The first-order valence-corrected chi connectivity index (χ1v) is 14.0. The summed E-state index contributed by atoms with van der Waals surface area (Å²) in [4.78, 5) is 24.5. The van der Waals surface area contributed by atoms with E-state index in [-0.39, 0.29) is 17.5 Å². The van der Waals surface area contributed by atoms with Gasteiger partial charge in [0.05, 0.1) is 0 Å². The minimum atomic E-state index is 0.0460. The molecular formula is C29H46O3. The second-order valence-corrected chi connectivity index (χ2v) is 11.6. The van der Waals surface area contributed by atoms with Gasteiger partial charge < -0.3 is 4.74 Å². The number of allylic oxidation sites excluding steroid dienone is 1. The van der Waals surface area contributed by atoms with Crippen molar-refractivity contribution in [2.24, 2.45) is 29.1 Å². The minimum absolute atomic E-state index is 0.0460. The van der Waals surface area contributed by atoms with Crippen LogP contribution in [-0.2, 0) is 14.3 Å². The lowest BCUT2D eigenvalue weighted by atomic mass is 9.52. The number of fused-ring (bicyclic) bond motifs is 5. The Morgan fingerprint density at radius 2 is 1.69 bits per heavy atom. The van der Waals surface area contributed by atoms with Crippen molar-refractivity contribution in [2.45, 2.75) is 129 Å². The summed E-state index contributed by atoms with van der Waals surface area (Å²) in [5.41, 5.74) is 1.62. The van der Waals surface area contributed by atoms with Crippen LogP contribution in [0, 0.1) is 29.1 Å². The molecule has 0 spiro atoms. The molecule has 4 aliphatic carbocycles. The number of hydrogen-bond acceptors (Lipinski definition) is 3. The van der Waals surface area contributed by atoms with Gasteiger partial charge in [-0.1, -0.05) is 64.4 Å². The van der Waals surface area contributed by atoms with E-state index >= 15 is 0 Å². The van der Waals surface area contributed by atoms with E-state index in [2.05, 4.69) is 13.8 Å². The maximum atomic E-state index is 12.6. The first-order chi connectivity index (χ1) is 15.5. The van der Waals surface area contributed by atoms with Crippen molar-refractivity contribution in [3.63, 3.8) is 0 Å². The number of rotatable bonds is 10.